The number of carbonyl (C=O) groups excluding carboxylic acids is 2. The molecule has 9 atom stereocenters. The summed E-state index contributed by atoms with van der Waals surface area (Å²) in [6.45, 7) is -1.06. The molecule has 0 amide bonds. The van der Waals surface area contributed by atoms with Crippen molar-refractivity contribution in [2.75, 3.05) is 20.3 Å². The molecule has 0 aromatic heterocycles. The lowest BCUT2D eigenvalue weighted by molar-refractivity contribution is -0.340. The normalized spacial score (nSPS) is 33.5. The van der Waals surface area contributed by atoms with Crippen LogP contribution in [0.4, 0.5) is 0 Å². The summed E-state index contributed by atoms with van der Waals surface area (Å²) in [7, 11) is 1.16. The van der Waals surface area contributed by atoms with Gasteiger partial charge >= 0.3 is 11.9 Å². The molecule has 40 heavy (non-hydrogen) atoms. The Balaban J connectivity index is 1.43. The fourth-order valence-corrected chi connectivity index (χ4v) is 4.80. The zero-order valence-corrected chi connectivity index (χ0v) is 21.1. The van der Waals surface area contributed by atoms with Gasteiger partial charge in [-0.3, -0.25) is 0 Å². The fourth-order valence-electron chi connectivity index (χ4n) is 4.80. The number of esters is 2. The van der Waals surface area contributed by atoms with E-state index in [4.69, 9.17) is 23.7 Å². The van der Waals surface area contributed by atoms with E-state index in [0.29, 0.717) is 11.1 Å². The number of hydrogen-bond acceptors (Lipinski definition) is 14. The maximum atomic E-state index is 12.2. The number of fused-ring (bicyclic) bond motifs is 1. The summed E-state index contributed by atoms with van der Waals surface area (Å²) in [5, 5.41) is 70.5. The van der Waals surface area contributed by atoms with Gasteiger partial charge in [0.15, 0.2) is 17.8 Å². The van der Waals surface area contributed by atoms with Gasteiger partial charge in [-0.05, 0) is 29.3 Å². The van der Waals surface area contributed by atoms with E-state index in [1.54, 1.807) is 0 Å². The fraction of sp³-hybridized carbons (Fsp3) is 0.462. The zero-order valence-electron chi connectivity index (χ0n) is 21.1. The molecule has 1 aliphatic carbocycles. The number of carbonyl (C=O) groups is 2. The number of aliphatic hydroxyl groups is 5. The molecule has 0 spiro atoms. The summed E-state index contributed by atoms with van der Waals surface area (Å²) >= 11 is 0. The van der Waals surface area contributed by atoms with Gasteiger partial charge in [0.25, 0.3) is 0 Å². The van der Waals surface area contributed by atoms with Crippen LogP contribution in [0.5, 0.6) is 11.5 Å². The summed E-state index contributed by atoms with van der Waals surface area (Å²) in [4.78, 5) is 24.4. The number of methoxy groups -OCH3 is 1. The lowest BCUT2D eigenvalue weighted by Gasteiger charge is -2.43. The van der Waals surface area contributed by atoms with Crippen molar-refractivity contribution in [1.29, 1.82) is 0 Å². The Bertz CT molecular complexity index is 1190. The Morgan fingerprint density at radius 3 is 2.42 bits per heavy atom. The van der Waals surface area contributed by atoms with Crippen LogP contribution in [0.3, 0.4) is 0 Å². The Kier molecular flexibility index (Phi) is 9.10. The van der Waals surface area contributed by atoms with Gasteiger partial charge in [-0.25, -0.2) is 9.59 Å². The van der Waals surface area contributed by atoms with Crippen LogP contribution < -0.4 is 0 Å². The van der Waals surface area contributed by atoms with Crippen LogP contribution in [0.2, 0.25) is 0 Å². The van der Waals surface area contributed by atoms with Crippen molar-refractivity contribution in [2.45, 2.75) is 43.1 Å². The highest BCUT2D eigenvalue weighted by molar-refractivity contribution is 5.89. The highest BCUT2D eigenvalue weighted by Crippen LogP contribution is 2.44. The Morgan fingerprint density at radius 2 is 1.75 bits per heavy atom. The van der Waals surface area contributed by atoms with Crippen LogP contribution in [-0.2, 0) is 33.3 Å². The molecule has 4 rings (SSSR count). The number of phenolic OH excluding ortho intramolecular Hbond substituents is 2. The quantitative estimate of drug-likeness (QED) is 0.0817. The topological polar surface area (TPSA) is 222 Å². The number of benzene rings is 1. The van der Waals surface area contributed by atoms with Crippen molar-refractivity contribution in [3.8, 4) is 11.5 Å². The third-order valence-electron chi connectivity index (χ3n) is 6.89. The molecule has 1 saturated heterocycles. The molecule has 218 valence electrons. The second-order valence-electron chi connectivity index (χ2n) is 9.37. The lowest BCUT2D eigenvalue weighted by atomic mass is 9.82. The van der Waals surface area contributed by atoms with Crippen LogP contribution in [0.25, 0.3) is 6.08 Å². The summed E-state index contributed by atoms with van der Waals surface area (Å²) in [5.74, 6) is -4.12. The standard InChI is InChI=1S/C26H30O14/c1-36-24(35)13-9-38-25(19-12(8-27)7-16(30)20(13)19)40-26-23(34)22(33)21(32)17(39-26)10-37-18(31)5-3-11-2-4-14(28)15(29)6-11/h2-7,9,16-17,19-23,25-30,32-34H,8,10H2,1H3. The largest absolute Gasteiger partial charge is 0.504 e. The van der Waals surface area contributed by atoms with Gasteiger partial charge in [0.2, 0.25) is 6.29 Å². The Labute approximate surface area is 227 Å². The van der Waals surface area contributed by atoms with Crippen molar-refractivity contribution in [1.82, 2.24) is 0 Å². The first kappa shape index (κ1) is 29.5. The van der Waals surface area contributed by atoms with Gasteiger partial charge < -0.3 is 59.4 Å². The summed E-state index contributed by atoms with van der Waals surface area (Å²) in [6.07, 6.45) is -5.95. The van der Waals surface area contributed by atoms with E-state index in [0.717, 1.165) is 19.4 Å². The van der Waals surface area contributed by atoms with Gasteiger partial charge in [-0.2, -0.15) is 0 Å². The van der Waals surface area contributed by atoms with Crippen molar-refractivity contribution in [2.24, 2.45) is 11.8 Å². The third kappa shape index (κ3) is 5.97. The van der Waals surface area contributed by atoms with Gasteiger partial charge in [0.05, 0.1) is 37.6 Å². The molecule has 14 nitrogen and oxygen atoms in total. The average molecular weight is 567 g/mol. The molecule has 9 unspecified atom stereocenters. The highest BCUT2D eigenvalue weighted by Gasteiger charge is 2.52. The van der Waals surface area contributed by atoms with Crippen molar-refractivity contribution in [3.63, 3.8) is 0 Å². The SMILES string of the molecule is COC(=O)C1=COC(OC2OC(COC(=O)C=Cc3ccc(O)c(O)c3)C(O)C(O)C2O)C2C(CO)=CC(O)C12. The maximum Gasteiger partial charge on any atom is 0.337 e. The van der Waals surface area contributed by atoms with E-state index in [2.05, 4.69) is 0 Å². The van der Waals surface area contributed by atoms with Crippen molar-refractivity contribution in [3.05, 3.63) is 53.3 Å². The Morgan fingerprint density at radius 1 is 1.00 bits per heavy atom. The van der Waals surface area contributed by atoms with Gasteiger partial charge in [-0.15, -0.1) is 0 Å². The molecule has 1 fully saturated rings. The molecular weight excluding hydrogens is 536 g/mol. The Hall–Kier alpha value is -3.50. The molecule has 0 radical (unpaired) electrons. The van der Waals surface area contributed by atoms with Crippen LogP contribution in [0, 0.1) is 11.8 Å². The van der Waals surface area contributed by atoms with E-state index >= 15 is 0 Å². The van der Waals surface area contributed by atoms with E-state index in [1.165, 1.54) is 30.4 Å². The van der Waals surface area contributed by atoms with Crippen molar-refractivity contribution < 1.29 is 69.0 Å². The molecule has 2 heterocycles. The molecule has 1 aromatic carbocycles. The molecule has 14 heteroatoms. The summed E-state index contributed by atoms with van der Waals surface area (Å²) in [6, 6.07) is 3.89. The minimum Gasteiger partial charge on any atom is -0.504 e. The van der Waals surface area contributed by atoms with E-state index in [-0.39, 0.29) is 17.1 Å². The predicted molar refractivity (Wildman–Crippen MR) is 131 cm³/mol. The van der Waals surface area contributed by atoms with Crippen molar-refractivity contribution >= 4 is 18.0 Å². The summed E-state index contributed by atoms with van der Waals surface area (Å²) in [5.41, 5.74) is 0.680. The molecule has 0 bridgehead atoms. The molecule has 7 N–H and O–H groups in total. The second-order valence-corrected chi connectivity index (χ2v) is 9.37. The van der Waals surface area contributed by atoms with Crippen LogP contribution in [0.1, 0.15) is 5.56 Å². The number of hydrogen-bond donors (Lipinski definition) is 7. The van der Waals surface area contributed by atoms with E-state index in [9.17, 15) is 45.3 Å². The molecule has 3 aliphatic rings. The first-order valence-corrected chi connectivity index (χ1v) is 12.2. The summed E-state index contributed by atoms with van der Waals surface area (Å²) < 4.78 is 26.7. The molecule has 0 saturated carbocycles. The van der Waals surface area contributed by atoms with Gasteiger partial charge in [-0.1, -0.05) is 12.1 Å². The minimum absolute atomic E-state index is 0.000443. The molecule has 1 aromatic rings. The molecular formula is C26H30O14. The van der Waals surface area contributed by atoms with Crippen LogP contribution in [-0.4, -0.2) is 111 Å². The first-order valence-electron chi connectivity index (χ1n) is 12.2. The van der Waals surface area contributed by atoms with E-state index in [1.807, 2.05) is 0 Å². The monoisotopic (exact) mass is 566 g/mol. The average Bonchev–Trinajstić information content (AvgIpc) is 3.29. The third-order valence-corrected chi connectivity index (χ3v) is 6.89. The minimum atomic E-state index is -1.78. The smallest absolute Gasteiger partial charge is 0.337 e. The highest BCUT2D eigenvalue weighted by atomic mass is 16.8. The number of aromatic hydroxyl groups is 2. The first-order chi connectivity index (χ1) is 19.0. The number of aliphatic hydroxyl groups excluding tert-OH is 5. The van der Waals surface area contributed by atoms with Gasteiger partial charge in [0, 0.05) is 12.0 Å². The van der Waals surface area contributed by atoms with Crippen LogP contribution in [0.15, 0.2) is 47.8 Å². The lowest BCUT2D eigenvalue weighted by Crippen LogP contribution is -2.60. The zero-order chi connectivity index (χ0) is 29.1. The number of ether oxygens (including phenoxy) is 5. The van der Waals surface area contributed by atoms with Crippen LogP contribution >= 0.6 is 0 Å². The number of rotatable bonds is 8. The maximum absolute atomic E-state index is 12.2. The predicted octanol–water partition coefficient (Wildman–Crippen LogP) is -1.58. The molecule has 2 aliphatic heterocycles. The van der Waals surface area contributed by atoms with E-state index < -0.39 is 80.1 Å². The number of phenols is 2. The van der Waals surface area contributed by atoms with Gasteiger partial charge in [0.1, 0.15) is 31.0 Å². The second kappa shape index (κ2) is 12.3.